The molecule has 2 heteroatoms. The first-order valence-corrected chi connectivity index (χ1v) is 0.500. The summed E-state index contributed by atoms with van der Waals surface area (Å²) in [5.74, 6) is 0. The maximum atomic E-state index is 3.00. The molecule has 0 aliphatic rings. The maximum absolute atomic E-state index is 3.00. The van der Waals surface area contributed by atoms with Crippen LogP contribution < -0.4 is 6.15 Å². The van der Waals surface area contributed by atoms with Crippen molar-refractivity contribution in [2.24, 2.45) is 0 Å². The minimum absolute atomic E-state index is 0. The van der Waals surface area contributed by atoms with E-state index in [1.165, 1.54) is 0 Å². The molecule has 25 valence electrons. The molecule has 0 aromatic carbocycles. The van der Waals surface area contributed by atoms with E-state index in [1.807, 2.05) is 0 Å². The molecule has 0 fully saturated rings. The minimum Gasteiger partial charge on any atom is -0.344 e. The van der Waals surface area contributed by atoms with Gasteiger partial charge in [-0.1, -0.05) is 0 Å². The van der Waals surface area contributed by atoms with Crippen LogP contribution in [0.25, 0.3) is 0 Å². The molecule has 0 aromatic rings. The first-order chi connectivity index (χ1) is 1.00. The number of hydrogen-bond donors (Lipinski definition) is 1. The average Bonchev–Trinajstić information content (AvgIpc) is 1.00. The Kier molecular flexibility index (Phi) is 2420. The molecule has 0 heterocycles. The van der Waals surface area contributed by atoms with Crippen LogP contribution in [-0.2, 0) is 17.1 Å². The molecule has 0 aliphatic heterocycles. The second-order valence-electron chi connectivity index (χ2n) is 0. The Hall–Kier alpha value is 0.219. The molecular weight excluding hydrogens is 93.9 g/mol. The molecule has 0 bridgehead atoms. The van der Waals surface area contributed by atoms with E-state index >= 15 is 0 Å². The van der Waals surface area contributed by atoms with Gasteiger partial charge in [0.25, 0.3) is 0 Å². The molecule has 0 spiro atoms. The molecule has 1 radical (unpaired) electrons. The summed E-state index contributed by atoms with van der Waals surface area (Å²) in [6, 6.07) is 0. The van der Waals surface area contributed by atoms with E-state index in [2.05, 4.69) is 13.2 Å². The van der Waals surface area contributed by atoms with Gasteiger partial charge < -0.3 is 6.15 Å². The predicted octanol–water partition coefficient (Wildman–Crippen LogP) is 0.962. The molecule has 0 unspecified atom stereocenters. The summed E-state index contributed by atoms with van der Waals surface area (Å²) in [4.78, 5) is 0. The fourth-order valence-corrected chi connectivity index (χ4v) is 0. The van der Waals surface area contributed by atoms with Gasteiger partial charge in [-0.25, -0.2) is 0 Å². The van der Waals surface area contributed by atoms with Crippen LogP contribution in [0.3, 0.4) is 0 Å². The average molecular weight is 101 g/mol. The van der Waals surface area contributed by atoms with Crippen LogP contribution in [0.2, 0.25) is 0 Å². The van der Waals surface area contributed by atoms with Crippen molar-refractivity contribution < 1.29 is 17.1 Å². The summed E-state index contributed by atoms with van der Waals surface area (Å²) in [5, 5.41) is 0. The summed E-state index contributed by atoms with van der Waals surface area (Å²) in [6.07, 6.45) is 0. The van der Waals surface area contributed by atoms with Gasteiger partial charge in [0.15, 0.2) is 0 Å². The Balaban J connectivity index is -0.00000000500. The van der Waals surface area contributed by atoms with Crippen molar-refractivity contribution in [3.8, 4) is 0 Å². The van der Waals surface area contributed by atoms with E-state index in [0.717, 1.165) is 0 Å². The molecule has 1 nitrogen and oxygen atoms in total. The van der Waals surface area contributed by atoms with Gasteiger partial charge in [-0.05, 0) is 0 Å². The first-order valence-electron chi connectivity index (χ1n) is 0.500. The van der Waals surface area contributed by atoms with E-state index in [9.17, 15) is 0 Å². The van der Waals surface area contributed by atoms with E-state index < -0.39 is 0 Å². The summed E-state index contributed by atoms with van der Waals surface area (Å²) in [7, 11) is 0. The number of hydrogen-bond acceptors (Lipinski definition) is 1. The van der Waals surface area contributed by atoms with Crippen molar-refractivity contribution in [3.63, 3.8) is 0 Å². The standard InChI is InChI=1S/C2H4.Fe.H3N/c1-2;;/h1-2H2;;1H3/q;+3;. The molecule has 0 aliphatic carbocycles. The van der Waals surface area contributed by atoms with Crippen molar-refractivity contribution in [2.45, 2.75) is 0 Å². The van der Waals surface area contributed by atoms with Crippen LogP contribution in [0, 0.1) is 0 Å². The molecule has 0 saturated carbocycles. The van der Waals surface area contributed by atoms with Crippen LogP contribution in [0.5, 0.6) is 0 Å². The zero-order chi connectivity index (χ0) is 2.00. The fraction of sp³-hybridized carbons (Fsp3) is 0. The molecule has 0 atom stereocenters. The van der Waals surface area contributed by atoms with Gasteiger partial charge in [0, 0.05) is 0 Å². The Bertz CT molecular complexity index is 6.00. The first kappa shape index (κ1) is 29.4. The van der Waals surface area contributed by atoms with Gasteiger partial charge in [0.2, 0.25) is 0 Å². The van der Waals surface area contributed by atoms with Gasteiger partial charge >= 0.3 is 17.1 Å². The van der Waals surface area contributed by atoms with Crippen molar-refractivity contribution in [2.75, 3.05) is 0 Å². The molecule has 0 rings (SSSR count). The number of rotatable bonds is 0. The van der Waals surface area contributed by atoms with Gasteiger partial charge in [0.1, 0.15) is 0 Å². The second-order valence-corrected chi connectivity index (χ2v) is 0. The Morgan fingerprint density at radius 2 is 1.00 bits per heavy atom. The fourth-order valence-electron chi connectivity index (χ4n) is 0. The molecule has 0 saturated heterocycles. The minimum atomic E-state index is 0. The van der Waals surface area contributed by atoms with E-state index in [4.69, 9.17) is 0 Å². The second kappa shape index (κ2) is 329. The molecule has 4 heavy (non-hydrogen) atoms. The Labute approximate surface area is 37.1 Å². The summed E-state index contributed by atoms with van der Waals surface area (Å²) < 4.78 is 0. The van der Waals surface area contributed by atoms with E-state index in [0.29, 0.717) is 0 Å². The van der Waals surface area contributed by atoms with Crippen LogP contribution in [0.4, 0.5) is 0 Å². The van der Waals surface area contributed by atoms with Crippen molar-refractivity contribution in [3.05, 3.63) is 13.2 Å². The van der Waals surface area contributed by atoms with Crippen molar-refractivity contribution >= 4 is 0 Å². The van der Waals surface area contributed by atoms with Gasteiger partial charge in [0.05, 0.1) is 0 Å². The largest absolute Gasteiger partial charge is 3.00 e. The monoisotopic (exact) mass is 101 g/mol. The van der Waals surface area contributed by atoms with Crippen LogP contribution in [-0.4, -0.2) is 0 Å². The zero-order valence-electron chi connectivity index (χ0n) is 2.47. The quantitative estimate of drug-likeness (QED) is 0.358. The van der Waals surface area contributed by atoms with E-state index in [-0.39, 0.29) is 23.2 Å². The zero-order valence-corrected chi connectivity index (χ0v) is 3.58. The SMILES string of the molecule is C=C.N.[Fe+3]. The maximum Gasteiger partial charge on any atom is 3.00 e. The predicted molar refractivity (Wildman–Crippen MR) is 16.3 cm³/mol. The summed E-state index contributed by atoms with van der Waals surface area (Å²) in [5.41, 5.74) is 0. The summed E-state index contributed by atoms with van der Waals surface area (Å²) >= 11 is 0. The normalized spacial score (nSPS) is 1.00. The van der Waals surface area contributed by atoms with Crippen LogP contribution >= 0.6 is 0 Å². The Morgan fingerprint density at radius 1 is 1.00 bits per heavy atom. The molecule has 0 amide bonds. The van der Waals surface area contributed by atoms with Crippen molar-refractivity contribution in [1.82, 2.24) is 6.15 Å². The summed E-state index contributed by atoms with van der Waals surface area (Å²) in [6.45, 7) is 6.00. The van der Waals surface area contributed by atoms with Crippen LogP contribution in [0.15, 0.2) is 13.2 Å². The third kappa shape index (κ3) is 68.5. The van der Waals surface area contributed by atoms with Crippen molar-refractivity contribution in [1.29, 1.82) is 0 Å². The third-order valence-electron chi connectivity index (χ3n) is 0. The smallest absolute Gasteiger partial charge is 0.344 e. The molecule has 3 N–H and O–H groups in total. The Morgan fingerprint density at radius 3 is 1.00 bits per heavy atom. The van der Waals surface area contributed by atoms with Gasteiger partial charge in [-0.2, -0.15) is 0 Å². The molecular formula is C2H7FeN+3. The van der Waals surface area contributed by atoms with Gasteiger partial charge in [-0.15, -0.1) is 13.2 Å². The van der Waals surface area contributed by atoms with Gasteiger partial charge in [-0.3, -0.25) is 0 Å². The topological polar surface area (TPSA) is 35.0 Å². The third-order valence-corrected chi connectivity index (χ3v) is 0. The van der Waals surface area contributed by atoms with E-state index in [1.54, 1.807) is 0 Å². The van der Waals surface area contributed by atoms with Crippen LogP contribution in [0.1, 0.15) is 0 Å². The molecule has 0 aromatic heterocycles.